The normalized spacial score (nSPS) is 12.2. The van der Waals surface area contributed by atoms with E-state index in [4.69, 9.17) is 11.6 Å². The van der Waals surface area contributed by atoms with Crippen molar-refractivity contribution in [3.05, 3.63) is 113 Å². The molecule has 5 aromatic rings. The fourth-order valence-electron chi connectivity index (χ4n) is 4.37. The number of rotatable bonds is 11. The SMILES string of the molecule is Cc1ccc(S(=O)(=O)N[C@H](CC(=O)Nc2ccc3nc(SCC(=O)Nc4cc(Cl)ccc4C)sc3c2)c2ccccc2)cc1. The maximum Gasteiger partial charge on any atom is 0.241 e. The monoisotopic (exact) mass is 664 g/mol. The highest BCUT2D eigenvalue weighted by Gasteiger charge is 2.24. The first-order valence-electron chi connectivity index (χ1n) is 13.6. The lowest BCUT2D eigenvalue weighted by atomic mass is 10.0. The molecule has 4 aromatic carbocycles. The molecule has 0 spiro atoms. The molecule has 0 fully saturated rings. The van der Waals surface area contributed by atoms with Gasteiger partial charge in [-0.2, -0.15) is 0 Å². The minimum Gasteiger partial charge on any atom is -0.326 e. The van der Waals surface area contributed by atoms with Crippen molar-refractivity contribution in [3.63, 3.8) is 0 Å². The number of nitrogens with one attached hydrogen (secondary N) is 3. The minimum atomic E-state index is -3.88. The number of halogens is 1. The smallest absolute Gasteiger partial charge is 0.241 e. The van der Waals surface area contributed by atoms with E-state index in [1.165, 1.54) is 23.1 Å². The van der Waals surface area contributed by atoms with Crippen molar-refractivity contribution < 1.29 is 18.0 Å². The maximum absolute atomic E-state index is 13.2. The molecule has 5 rings (SSSR count). The number of carbonyl (C=O) groups is 2. The Morgan fingerprint density at radius 1 is 0.909 bits per heavy atom. The Kier molecular flexibility index (Phi) is 10.0. The summed E-state index contributed by atoms with van der Waals surface area (Å²) in [6.45, 7) is 3.78. The molecule has 0 saturated heterocycles. The molecule has 1 aromatic heterocycles. The highest BCUT2D eigenvalue weighted by molar-refractivity contribution is 8.01. The van der Waals surface area contributed by atoms with Gasteiger partial charge >= 0.3 is 0 Å². The zero-order valence-corrected chi connectivity index (χ0v) is 27.0. The number of fused-ring (bicyclic) bond motifs is 1. The topological polar surface area (TPSA) is 117 Å². The Morgan fingerprint density at radius 2 is 1.66 bits per heavy atom. The van der Waals surface area contributed by atoms with Crippen LogP contribution < -0.4 is 15.4 Å². The molecule has 1 heterocycles. The van der Waals surface area contributed by atoms with Crippen LogP contribution in [0.25, 0.3) is 10.2 Å². The van der Waals surface area contributed by atoms with Crippen molar-refractivity contribution in [3.8, 4) is 0 Å². The third-order valence-corrected chi connectivity index (χ3v) is 10.6. The van der Waals surface area contributed by atoms with Crippen LogP contribution >= 0.6 is 34.7 Å². The summed E-state index contributed by atoms with van der Waals surface area (Å²) in [6.07, 6.45) is -0.113. The van der Waals surface area contributed by atoms with Crippen LogP contribution in [0.15, 0.2) is 100 Å². The Bertz CT molecular complexity index is 1910. The lowest BCUT2D eigenvalue weighted by molar-refractivity contribution is -0.116. The fraction of sp³-hybridized carbons (Fsp3) is 0.156. The van der Waals surface area contributed by atoms with Crippen LogP contribution in [-0.4, -0.2) is 31.0 Å². The van der Waals surface area contributed by atoms with Crippen LogP contribution in [-0.2, 0) is 19.6 Å². The first kappa shape index (κ1) is 31.7. The molecule has 44 heavy (non-hydrogen) atoms. The predicted octanol–water partition coefficient (Wildman–Crippen LogP) is 7.35. The number of amides is 2. The van der Waals surface area contributed by atoms with E-state index in [0.717, 1.165) is 25.7 Å². The summed E-state index contributed by atoms with van der Waals surface area (Å²) in [5.74, 6) is -0.343. The van der Waals surface area contributed by atoms with Gasteiger partial charge in [-0.15, -0.1) is 11.3 Å². The predicted molar refractivity (Wildman–Crippen MR) is 179 cm³/mol. The lowest BCUT2D eigenvalue weighted by Crippen LogP contribution is -2.31. The molecule has 2 amide bonds. The zero-order valence-electron chi connectivity index (χ0n) is 23.8. The average Bonchev–Trinajstić information content (AvgIpc) is 3.40. The van der Waals surface area contributed by atoms with E-state index in [9.17, 15) is 18.0 Å². The van der Waals surface area contributed by atoms with E-state index in [0.29, 0.717) is 22.0 Å². The average molecular weight is 665 g/mol. The van der Waals surface area contributed by atoms with E-state index < -0.39 is 16.1 Å². The van der Waals surface area contributed by atoms with Crippen LogP contribution in [0.4, 0.5) is 11.4 Å². The van der Waals surface area contributed by atoms with Crippen molar-refractivity contribution in [1.29, 1.82) is 0 Å². The summed E-state index contributed by atoms with van der Waals surface area (Å²) < 4.78 is 30.6. The molecule has 0 aliphatic carbocycles. The number of aryl methyl sites for hydroxylation is 2. The van der Waals surface area contributed by atoms with Crippen molar-refractivity contribution in [2.24, 2.45) is 0 Å². The van der Waals surface area contributed by atoms with E-state index in [2.05, 4.69) is 20.3 Å². The second-order valence-electron chi connectivity index (χ2n) is 10.1. The van der Waals surface area contributed by atoms with Gasteiger partial charge in [-0.25, -0.2) is 18.1 Å². The Labute approximate surface area is 269 Å². The molecule has 8 nitrogen and oxygen atoms in total. The highest BCUT2D eigenvalue weighted by atomic mass is 35.5. The Balaban J connectivity index is 1.23. The largest absolute Gasteiger partial charge is 0.326 e. The number of thiazole rings is 1. The van der Waals surface area contributed by atoms with E-state index in [-0.39, 0.29) is 28.9 Å². The van der Waals surface area contributed by atoms with Crippen LogP contribution in [0.2, 0.25) is 5.02 Å². The molecule has 12 heteroatoms. The van der Waals surface area contributed by atoms with Gasteiger partial charge in [0.15, 0.2) is 4.34 Å². The molecule has 0 unspecified atom stereocenters. The van der Waals surface area contributed by atoms with Crippen molar-refractivity contribution >= 4 is 78.1 Å². The number of aromatic nitrogens is 1. The summed E-state index contributed by atoms with van der Waals surface area (Å²) in [6, 6.07) is 25.5. The summed E-state index contributed by atoms with van der Waals surface area (Å²) in [4.78, 5) is 30.4. The van der Waals surface area contributed by atoms with Crippen LogP contribution in [0.5, 0.6) is 0 Å². The molecular weight excluding hydrogens is 636 g/mol. The van der Waals surface area contributed by atoms with Crippen molar-refractivity contribution in [2.75, 3.05) is 16.4 Å². The lowest BCUT2D eigenvalue weighted by Gasteiger charge is -2.19. The molecule has 0 aliphatic rings. The van der Waals surface area contributed by atoms with E-state index >= 15 is 0 Å². The second kappa shape index (κ2) is 13.9. The minimum absolute atomic E-state index is 0.113. The molecule has 226 valence electrons. The quantitative estimate of drug-likeness (QED) is 0.127. The first-order valence-corrected chi connectivity index (χ1v) is 17.3. The summed E-state index contributed by atoms with van der Waals surface area (Å²) >= 11 is 8.79. The van der Waals surface area contributed by atoms with Gasteiger partial charge in [0.2, 0.25) is 21.8 Å². The van der Waals surface area contributed by atoms with Crippen molar-refractivity contribution in [2.45, 2.75) is 35.5 Å². The molecular formula is C32H29ClN4O4S3. The molecule has 3 N–H and O–H groups in total. The van der Waals surface area contributed by atoms with Gasteiger partial charge in [0.05, 0.1) is 26.9 Å². The van der Waals surface area contributed by atoms with Crippen molar-refractivity contribution in [1.82, 2.24) is 9.71 Å². The number of benzene rings is 4. The number of nitrogens with zero attached hydrogens (tertiary/aromatic N) is 1. The number of anilines is 2. The van der Waals surface area contributed by atoms with Gasteiger partial charge in [-0.05, 0) is 67.4 Å². The van der Waals surface area contributed by atoms with Gasteiger partial charge < -0.3 is 10.6 Å². The van der Waals surface area contributed by atoms with Gasteiger partial charge in [0.1, 0.15) is 0 Å². The summed E-state index contributed by atoms with van der Waals surface area (Å²) in [5, 5.41) is 6.32. The highest BCUT2D eigenvalue weighted by Crippen LogP contribution is 2.32. The molecule has 0 bridgehead atoms. The fourth-order valence-corrected chi connectivity index (χ4v) is 7.67. The van der Waals surface area contributed by atoms with Crippen LogP contribution in [0.1, 0.15) is 29.2 Å². The molecule has 0 saturated carbocycles. The van der Waals surface area contributed by atoms with E-state index in [1.54, 1.807) is 72.8 Å². The third kappa shape index (κ3) is 8.25. The van der Waals surface area contributed by atoms with Crippen LogP contribution in [0.3, 0.4) is 0 Å². The van der Waals surface area contributed by atoms with Gasteiger partial charge in [0, 0.05) is 22.8 Å². The second-order valence-corrected chi connectivity index (χ2v) is 14.5. The van der Waals surface area contributed by atoms with Crippen LogP contribution in [0, 0.1) is 13.8 Å². The standard InChI is InChI=1S/C32H29ClN4O4S3/c1-20-8-13-25(14-9-20)44(40,41)37-28(22-6-4-3-5-7-22)18-30(38)34-24-12-15-26-29(17-24)43-32(36-26)42-19-31(39)35-27-16-23(33)11-10-21(27)2/h3-17,28,37H,18-19H2,1-2H3,(H,34,38)(H,35,39)/t28-/m1/s1. The number of hydrogen-bond acceptors (Lipinski definition) is 7. The number of carbonyl (C=O) groups excluding carboxylic acids is 2. The summed E-state index contributed by atoms with van der Waals surface area (Å²) in [5.41, 5.74) is 4.51. The van der Waals surface area contributed by atoms with Gasteiger partial charge in [0.25, 0.3) is 0 Å². The maximum atomic E-state index is 13.2. The zero-order chi connectivity index (χ0) is 31.3. The molecule has 0 aliphatic heterocycles. The third-order valence-electron chi connectivity index (χ3n) is 6.67. The Hall–Kier alpha value is -3.74. The summed E-state index contributed by atoms with van der Waals surface area (Å²) in [7, 11) is -3.88. The number of thioether (sulfide) groups is 1. The van der Waals surface area contributed by atoms with Gasteiger partial charge in [-0.1, -0.05) is 77.5 Å². The molecule has 1 atom stereocenters. The number of sulfonamides is 1. The number of hydrogen-bond donors (Lipinski definition) is 3. The first-order chi connectivity index (χ1) is 21.1. The Morgan fingerprint density at radius 3 is 2.41 bits per heavy atom. The van der Waals surface area contributed by atoms with Gasteiger partial charge in [-0.3, -0.25) is 9.59 Å². The molecule has 0 radical (unpaired) electrons. The van der Waals surface area contributed by atoms with E-state index in [1.807, 2.05) is 32.0 Å².